The van der Waals surface area contributed by atoms with Gasteiger partial charge >= 0.3 is 0 Å². The lowest BCUT2D eigenvalue weighted by Crippen LogP contribution is -2.50. The highest BCUT2D eigenvalue weighted by Gasteiger charge is 2.64. The lowest BCUT2D eigenvalue weighted by molar-refractivity contribution is -0.124. The number of rotatable bonds is 5. The van der Waals surface area contributed by atoms with Crippen LogP contribution in [0.3, 0.4) is 0 Å². The lowest BCUT2D eigenvalue weighted by atomic mass is 9.68. The fraction of sp³-hybridized carbons (Fsp3) is 0.300. The van der Waals surface area contributed by atoms with Crippen LogP contribution in [-0.2, 0) is 26.9 Å². The molecule has 0 unspecified atom stereocenters. The number of fused-ring (bicyclic) bond motifs is 2. The fourth-order valence-corrected chi connectivity index (χ4v) is 6.96. The van der Waals surface area contributed by atoms with Crippen LogP contribution in [0.15, 0.2) is 83.3 Å². The zero-order valence-corrected chi connectivity index (χ0v) is 23.8. The molecule has 0 saturated carbocycles. The lowest BCUT2D eigenvalue weighted by Gasteiger charge is -2.35. The number of carbonyl (C=O) groups excluding carboxylic acids is 1. The molecule has 6 nitrogen and oxygen atoms in total. The van der Waals surface area contributed by atoms with Crippen LogP contribution in [0.1, 0.15) is 43.4 Å². The zero-order chi connectivity index (χ0) is 28.2. The molecule has 202 valence electrons. The molecule has 3 aromatic carbocycles. The predicted octanol–water partition coefficient (Wildman–Crippen LogP) is 5.35. The fourth-order valence-electron chi connectivity index (χ4n) is 5.81. The number of carbonyl (C=O) groups is 1. The molecule has 1 spiro atoms. The van der Waals surface area contributed by atoms with E-state index in [1.165, 1.54) is 12.1 Å². The van der Waals surface area contributed by atoms with Crippen molar-refractivity contribution in [3.63, 3.8) is 0 Å². The average molecular weight is 564 g/mol. The second-order valence-electron chi connectivity index (χ2n) is 11.2. The third kappa shape index (κ3) is 4.78. The standard InChI is InChI=1S/C30H30FN3O3S2/c1-29(2,3)26(33-39(4,36)37)24-25(20-14-16-21(31)17-15-20)30(32-27(24)38)22-12-8-9-13-23(22)34(28(30)35)18-19-10-6-5-7-11-19/h5-17,24-25H,18H2,1-4H3,(H,32,38)/b33-26-/t24-,25+,30+/m1/s1. The van der Waals surface area contributed by atoms with Crippen LogP contribution in [0.25, 0.3) is 0 Å². The Morgan fingerprint density at radius 3 is 2.26 bits per heavy atom. The van der Waals surface area contributed by atoms with Crippen LogP contribution >= 0.6 is 12.2 Å². The minimum absolute atomic E-state index is 0.209. The first-order valence-electron chi connectivity index (χ1n) is 12.7. The van der Waals surface area contributed by atoms with Gasteiger partial charge in [0.05, 0.1) is 29.4 Å². The number of nitrogens with one attached hydrogen (secondary N) is 1. The molecule has 1 saturated heterocycles. The van der Waals surface area contributed by atoms with Crippen molar-refractivity contribution in [2.24, 2.45) is 15.7 Å². The van der Waals surface area contributed by atoms with E-state index in [0.717, 1.165) is 23.1 Å². The van der Waals surface area contributed by atoms with Crippen molar-refractivity contribution in [2.75, 3.05) is 11.2 Å². The number of sulfonamides is 1. The van der Waals surface area contributed by atoms with Crippen LogP contribution in [0.5, 0.6) is 0 Å². The summed E-state index contributed by atoms with van der Waals surface area (Å²) >= 11 is 5.91. The minimum atomic E-state index is -3.80. The molecule has 1 fully saturated rings. The average Bonchev–Trinajstić information content (AvgIpc) is 3.29. The summed E-state index contributed by atoms with van der Waals surface area (Å²) in [6.07, 6.45) is 1.05. The van der Waals surface area contributed by atoms with Crippen molar-refractivity contribution in [1.82, 2.24) is 5.32 Å². The molecular weight excluding hydrogens is 533 g/mol. The summed E-state index contributed by atoms with van der Waals surface area (Å²) in [6.45, 7) is 5.96. The van der Waals surface area contributed by atoms with Crippen molar-refractivity contribution < 1.29 is 17.6 Å². The number of para-hydroxylation sites is 1. The molecular formula is C30H30FN3O3S2. The molecule has 0 radical (unpaired) electrons. The normalized spacial score (nSPS) is 23.3. The number of halogens is 1. The summed E-state index contributed by atoms with van der Waals surface area (Å²) in [4.78, 5) is 16.7. The third-order valence-electron chi connectivity index (χ3n) is 7.34. The number of anilines is 1. The van der Waals surface area contributed by atoms with Gasteiger partial charge in [0, 0.05) is 22.6 Å². The molecule has 2 heterocycles. The van der Waals surface area contributed by atoms with Gasteiger partial charge in [-0.2, -0.15) is 4.40 Å². The van der Waals surface area contributed by atoms with Gasteiger partial charge in [0.2, 0.25) is 10.0 Å². The molecule has 9 heteroatoms. The number of amides is 1. The minimum Gasteiger partial charge on any atom is -0.361 e. The van der Waals surface area contributed by atoms with E-state index in [4.69, 9.17) is 12.2 Å². The summed E-state index contributed by atoms with van der Waals surface area (Å²) in [5.41, 5.74) is 1.40. The molecule has 1 amide bonds. The second kappa shape index (κ2) is 9.64. The number of benzene rings is 3. The Morgan fingerprint density at radius 2 is 1.64 bits per heavy atom. The highest BCUT2D eigenvalue weighted by Crippen LogP contribution is 2.56. The third-order valence-corrected chi connectivity index (χ3v) is 8.23. The summed E-state index contributed by atoms with van der Waals surface area (Å²) < 4.78 is 43.3. The molecule has 0 bridgehead atoms. The van der Waals surface area contributed by atoms with Crippen molar-refractivity contribution in [3.05, 3.63) is 101 Å². The molecule has 0 aromatic heterocycles. The Morgan fingerprint density at radius 1 is 1.03 bits per heavy atom. The molecule has 3 aromatic rings. The first kappa shape index (κ1) is 27.1. The number of hydrogen-bond acceptors (Lipinski definition) is 4. The highest BCUT2D eigenvalue weighted by atomic mass is 32.2. The quantitative estimate of drug-likeness (QED) is 0.335. The topological polar surface area (TPSA) is 78.8 Å². The molecule has 2 aliphatic heterocycles. The van der Waals surface area contributed by atoms with E-state index in [-0.39, 0.29) is 5.91 Å². The summed E-state index contributed by atoms with van der Waals surface area (Å²) in [5, 5.41) is 3.37. The smallest absolute Gasteiger partial charge is 0.258 e. The molecule has 5 rings (SSSR count). The first-order valence-corrected chi connectivity index (χ1v) is 14.9. The van der Waals surface area contributed by atoms with E-state index < -0.39 is 38.6 Å². The van der Waals surface area contributed by atoms with Gasteiger partial charge in [-0.3, -0.25) is 4.79 Å². The maximum absolute atomic E-state index is 14.7. The van der Waals surface area contributed by atoms with Gasteiger partial charge in [-0.1, -0.05) is 93.7 Å². The van der Waals surface area contributed by atoms with Gasteiger partial charge in [0.15, 0.2) is 5.54 Å². The highest BCUT2D eigenvalue weighted by molar-refractivity contribution is 7.89. The maximum Gasteiger partial charge on any atom is 0.258 e. The molecule has 0 aliphatic carbocycles. The Kier molecular flexibility index (Phi) is 6.71. The molecule has 39 heavy (non-hydrogen) atoms. The Labute approximate surface area is 234 Å². The van der Waals surface area contributed by atoms with E-state index in [0.29, 0.717) is 22.8 Å². The van der Waals surface area contributed by atoms with Crippen LogP contribution in [0.4, 0.5) is 10.1 Å². The van der Waals surface area contributed by atoms with E-state index in [1.807, 2.05) is 75.4 Å². The number of nitrogens with zero attached hydrogens (tertiary/aromatic N) is 2. The Hall–Kier alpha value is -3.43. The molecule has 1 N–H and O–H groups in total. The van der Waals surface area contributed by atoms with Gasteiger partial charge in [0.1, 0.15) is 5.82 Å². The van der Waals surface area contributed by atoms with Crippen molar-refractivity contribution >= 4 is 44.5 Å². The van der Waals surface area contributed by atoms with E-state index in [2.05, 4.69) is 9.71 Å². The van der Waals surface area contributed by atoms with Crippen molar-refractivity contribution in [1.29, 1.82) is 0 Å². The number of thiocarbonyl (C=S) groups is 1. The Balaban J connectivity index is 1.77. The first-order chi connectivity index (χ1) is 18.3. The summed E-state index contributed by atoms with van der Waals surface area (Å²) in [5.74, 6) is -2.03. The predicted molar refractivity (Wildman–Crippen MR) is 156 cm³/mol. The van der Waals surface area contributed by atoms with E-state index in [9.17, 15) is 17.6 Å². The molecule has 3 atom stereocenters. The monoisotopic (exact) mass is 563 g/mol. The van der Waals surface area contributed by atoms with Gasteiger partial charge < -0.3 is 10.2 Å². The van der Waals surface area contributed by atoms with Crippen LogP contribution in [0, 0.1) is 17.2 Å². The van der Waals surface area contributed by atoms with Crippen LogP contribution in [-0.4, -0.2) is 31.3 Å². The van der Waals surface area contributed by atoms with E-state index in [1.54, 1.807) is 17.0 Å². The molecule has 2 aliphatic rings. The van der Waals surface area contributed by atoms with Crippen LogP contribution in [0.2, 0.25) is 0 Å². The van der Waals surface area contributed by atoms with Gasteiger partial charge in [-0.25, -0.2) is 12.8 Å². The largest absolute Gasteiger partial charge is 0.361 e. The van der Waals surface area contributed by atoms with E-state index >= 15 is 0 Å². The SMILES string of the molecule is CC(C)(C)/C(=N\S(C)(=O)=O)[C@@H]1C(=S)N[C@]2(C(=O)N(Cc3ccccc3)c3ccccc32)[C@H]1c1ccc(F)cc1. The van der Waals surface area contributed by atoms with Crippen LogP contribution < -0.4 is 10.2 Å². The van der Waals surface area contributed by atoms with Crippen molar-refractivity contribution in [2.45, 2.75) is 38.8 Å². The van der Waals surface area contributed by atoms with Gasteiger partial charge in [-0.05, 0) is 29.3 Å². The zero-order valence-electron chi connectivity index (χ0n) is 22.2. The summed E-state index contributed by atoms with van der Waals surface area (Å²) in [6, 6.07) is 23.2. The maximum atomic E-state index is 14.7. The number of hydrogen-bond donors (Lipinski definition) is 1. The van der Waals surface area contributed by atoms with Crippen molar-refractivity contribution in [3.8, 4) is 0 Å². The van der Waals surface area contributed by atoms with Gasteiger partial charge in [0.25, 0.3) is 5.91 Å². The Bertz CT molecular complexity index is 1580. The summed E-state index contributed by atoms with van der Waals surface area (Å²) in [7, 11) is -3.80. The van der Waals surface area contributed by atoms with Gasteiger partial charge in [-0.15, -0.1) is 0 Å². The second-order valence-corrected chi connectivity index (χ2v) is 13.2.